The summed E-state index contributed by atoms with van der Waals surface area (Å²) >= 11 is 6.61. The van der Waals surface area contributed by atoms with Crippen LogP contribution in [0, 0.1) is 0 Å². The lowest BCUT2D eigenvalue weighted by Gasteiger charge is -2.30. The van der Waals surface area contributed by atoms with Gasteiger partial charge in [0.05, 0.1) is 16.9 Å². The number of ketones is 1. The van der Waals surface area contributed by atoms with Crippen LogP contribution in [0.1, 0.15) is 48.0 Å². The molecule has 0 radical (unpaired) electrons. The Bertz CT molecular complexity index is 831. The van der Waals surface area contributed by atoms with E-state index in [9.17, 15) is 4.79 Å². The summed E-state index contributed by atoms with van der Waals surface area (Å²) in [5.74, 6) is 0.737. The van der Waals surface area contributed by atoms with Gasteiger partial charge in [-0.25, -0.2) is 4.98 Å². The van der Waals surface area contributed by atoms with Gasteiger partial charge in [-0.15, -0.1) is 0 Å². The molecule has 4 rings (SSSR count). The average Bonchev–Trinajstić information content (AvgIpc) is 3.19. The van der Waals surface area contributed by atoms with Crippen molar-refractivity contribution < 1.29 is 4.79 Å². The van der Waals surface area contributed by atoms with Gasteiger partial charge in [0, 0.05) is 42.9 Å². The molecule has 1 fully saturated rings. The molecule has 0 amide bonds. The molecule has 2 aromatic heterocycles. The number of hydrogen-bond acceptors (Lipinski definition) is 5. The third kappa shape index (κ3) is 2.93. The summed E-state index contributed by atoms with van der Waals surface area (Å²) in [6.07, 6.45) is 9.09. The molecule has 2 heterocycles. The molecule has 0 unspecified atom stereocenters. The first-order valence-corrected chi connectivity index (χ1v) is 9.19. The number of aryl methyl sites for hydroxylation is 1. The van der Waals surface area contributed by atoms with E-state index in [-0.39, 0.29) is 17.9 Å². The molecule has 0 aromatic carbocycles. The summed E-state index contributed by atoms with van der Waals surface area (Å²) in [6, 6.07) is 0.263. The average molecular weight is 360 g/mol. The van der Waals surface area contributed by atoms with Crippen molar-refractivity contribution in [3.63, 3.8) is 0 Å². The molecule has 7 heteroatoms. The van der Waals surface area contributed by atoms with Gasteiger partial charge in [0.1, 0.15) is 5.82 Å². The van der Waals surface area contributed by atoms with Crippen LogP contribution < -0.4 is 11.1 Å². The van der Waals surface area contributed by atoms with Crippen molar-refractivity contribution in [2.24, 2.45) is 12.8 Å². The second kappa shape index (κ2) is 6.42. The van der Waals surface area contributed by atoms with Crippen LogP contribution in [0.4, 0.5) is 5.82 Å². The lowest BCUT2D eigenvalue weighted by atomic mass is 9.91. The molecular formula is C18H22ClN5O. The Kier molecular flexibility index (Phi) is 4.25. The summed E-state index contributed by atoms with van der Waals surface area (Å²) < 4.78 is 1.71. The Morgan fingerprint density at radius 3 is 2.84 bits per heavy atom. The number of aromatic nitrogens is 3. The number of rotatable bonds is 3. The summed E-state index contributed by atoms with van der Waals surface area (Å²) in [6.45, 7) is 0. The largest absolute Gasteiger partial charge is 0.365 e. The number of halogens is 1. The normalized spacial score (nSPS) is 22.9. The van der Waals surface area contributed by atoms with Gasteiger partial charge >= 0.3 is 0 Å². The number of pyridine rings is 1. The van der Waals surface area contributed by atoms with Crippen LogP contribution >= 0.6 is 11.6 Å². The third-order valence-corrected chi connectivity index (χ3v) is 5.64. The number of nitrogens with two attached hydrogens (primary N) is 1. The second-order valence-electron chi connectivity index (χ2n) is 7.00. The SMILES string of the molecule is Cn1cc(-c2nc(N[C@@H]3CCCC[C@@H]3N)c(Cl)c3c2C(=O)CC3)cn1. The highest BCUT2D eigenvalue weighted by Gasteiger charge is 2.31. The van der Waals surface area contributed by atoms with Crippen LogP contribution in [0.3, 0.4) is 0 Å². The standard InChI is InChI=1S/C18H22ClN5O/c1-24-9-10(8-21-24)17-15-11(6-7-14(15)25)16(19)18(23-17)22-13-5-3-2-4-12(13)20/h8-9,12-13H,2-7,20H2,1H3,(H,22,23)/t12-,13+/m0/s1. The van der Waals surface area contributed by atoms with E-state index in [2.05, 4.69) is 10.4 Å². The van der Waals surface area contributed by atoms with Gasteiger partial charge in [0.25, 0.3) is 0 Å². The Morgan fingerprint density at radius 2 is 2.12 bits per heavy atom. The van der Waals surface area contributed by atoms with Crippen molar-refractivity contribution >= 4 is 23.2 Å². The zero-order valence-corrected chi connectivity index (χ0v) is 15.0. The van der Waals surface area contributed by atoms with Crippen LogP contribution in [0.25, 0.3) is 11.3 Å². The predicted octanol–water partition coefficient (Wildman–Crippen LogP) is 2.95. The molecule has 0 spiro atoms. The first kappa shape index (κ1) is 16.5. The smallest absolute Gasteiger partial charge is 0.165 e. The number of anilines is 1. The summed E-state index contributed by atoms with van der Waals surface area (Å²) in [7, 11) is 1.85. The number of carbonyl (C=O) groups is 1. The van der Waals surface area contributed by atoms with Crippen LogP contribution in [-0.4, -0.2) is 32.6 Å². The Labute approximate surface area is 151 Å². The zero-order chi connectivity index (χ0) is 17.6. The van der Waals surface area contributed by atoms with Crippen LogP contribution in [-0.2, 0) is 13.5 Å². The van der Waals surface area contributed by atoms with Crippen molar-refractivity contribution in [3.8, 4) is 11.3 Å². The van der Waals surface area contributed by atoms with E-state index in [0.29, 0.717) is 34.9 Å². The van der Waals surface area contributed by atoms with Crippen LogP contribution in [0.2, 0.25) is 5.02 Å². The molecule has 6 nitrogen and oxygen atoms in total. The van der Waals surface area contributed by atoms with Gasteiger partial charge in [0.15, 0.2) is 5.78 Å². The highest BCUT2D eigenvalue weighted by molar-refractivity contribution is 6.34. The topological polar surface area (TPSA) is 85.8 Å². The van der Waals surface area contributed by atoms with Crippen LogP contribution in [0.15, 0.2) is 12.4 Å². The molecule has 0 aliphatic heterocycles. The van der Waals surface area contributed by atoms with E-state index >= 15 is 0 Å². The minimum atomic E-state index is 0.100. The molecule has 2 atom stereocenters. The molecular weight excluding hydrogens is 338 g/mol. The van der Waals surface area contributed by atoms with E-state index in [0.717, 1.165) is 30.4 Å². The Hall–Kier alpha value is -1.92. The van der Waals surface area contributed by atoms with Crippen molar-refractivity contribution in [2.45, 2.75) is 50.6 Å². The van der Waals surface area contributed by atoms with Crippen molar-refractivity contribution in [1.82, 2.24) is 14.8 Å². The first-order valence-electron chi connectivity index (χ1n) is 8.81. The fraction of sp³-hybridized carbons (Fsp3) is 0.500. The lowest BCUT2D eigenvalue weighted by Crippen LogP contribution is -2.42. The summed E-state index contributed by atoms with van der Waals surface area (Å²) in [4.78, 5) is 17.1. The van der Waals surface area contributed by atoms with E-state index in [4.69, 9.17) is 22.3 Å². The predicted molar refractivity (Wildman–Crippen MR) is 98.0 cm³/mol. The Balaban J connectivity index is 1.79. The van der Waals surface area contributed by atoms with E-state index in [1.54, 1.807) is 10.9 Å². The van der Waals surface area contributed by atoms with Gasteiger partial charge in [-0.05, 0) is 24.8 Å². The number of hydrogen-bond donors (Lipinski definition) is 2. The fourth-order valence-corrected chi connectivity index (χ4v) is 4.16. The highest BCUT2D eigenvalue weighted by atomic mass is 35.5. The van der Waals surface area contributed by atoms with E-state index in [1.165, 1.54) is 6.42 Å². The summed E-state index contributed by atoms with van der Waals surface area (Å²) in [5.41, 5.74) is 9.31. The van der Waals surface area contributed by atoms with Gasteiger partial charge in [0.2, 0.25) is 0 Å². The quantitative estimate of drug-likeness (QED) is 0.879. The molecule has 3 N–H and O–H groups in total. The van der Waals surface area contributed by atoms with Crippen molar-refractivity contribution in [3.05, 3.63) is 28.5 Å². The van der Waals surface area contributed by atoms with Crippen molar-refractivity contribution in [1.29, 1.82) is 0 Å². The van der Waals surface area contributed by atoms with Crippen molar-refractivity contribution in [2.75, 3.05) is 5.32 Å². The number of nitrogens with one attached hydrogen (secondary N) is 1. The molecule has 2 aliphatic carbocycles. The molecule has 2 aliphatic rings. The minimum Gasteiger partial charge on any atom is -0.365 e. The van der Waals surface area contributed by atoms with Crippen LogP contribution in [0.5, 0.6) is 0 Å². The fourth-order valence-electron chi connectivity index (χ4n) is 3.87. The van der Waals surface area contributed by atoms with Gasteiger partial charge < -0.3 is 11.1 Å². The molecule has 25 heavy (non-hydrogen) atoms. The van der Waals surface area contributed by atoms with Gasteiger partial charge in [-0.1, -0.05) is 24.4 Å². The minimum absolute atomic E-state index is 0.100. The van der Waals surface area contributed by atoms with Gasteiger partial charge in [-0.3, -0.25) is 9.48 Å². The summed E-state index contributed by atoms with van der Waals surface area (Å²) in [5, 5.41) is 8.23. The third-order valence-electron chi connectivity index (χ3n) is 5.24. The molecule has 0 saturated heterocycles. The number of carbonyl (C=O) groups excluding carboxylic acids is 1. The number of nitrogens with zero attached hydrogens (tertiary/aromatic N) is 3. The highest BCUT2D eigenvalue weighted by Crippen LogP contribution is 2.39. The number of Topliss-reactive ketones (excluding diaryl/α,β-unsaturated/α-hetero) is 1. The number of fused-ring (bicyclic) bond motifs is 1. The molecule has 0 bridgehead atoms. The molecule has 2 aromatic rings. The maximum atomic E-state index is 12.4. The Morgan fingerprint density at radius 1 is 1.32 bits per heavy atom. The molecule has 132 valence electrons. The molecule has 1 saturated carbocycles. The maximum Gasteiger partial charge on any atom is 0.165 e. The van der Waals surface area contributed by atoms with E-state index < -0.39 is 0 Å². The second-order valence-corrected chi connectivity index (χ2v) is 7.38. The van der Waals surface area contributed by atoms with E-state index in [1.807, 2.05) is 13.2 Å². The zero-order valence-electron chi connectivity index (χ0n) is 14.3. The van der Waals surface area contributed by atoms with Gasteiger partial charge in [-0.2, -0.15) is 5.10 Å². The monoisotopic (exact) mass is 359 g/mol. The maximum absolute atomic E-state index is 12.4. The first-order chi connectivity index (χ1) is 12.0. The lowest BCUT2D eigenvalue weighted by molar-refractivity contribution is 0.0995.